The van der Waals surface area contributed by atoms with Crippen molar-refractivity contribution in [3.8, 4) is 0 Å². The third-order valence-corrected chi connectivity index (χ3v) is 1.55. The van der Waals surface area contributed by atoms with Crippen molar-refractivity contribution < 1.29 is 4.89 Å². The van der Waals surface area contributed by atoms with E-state index in [-0.39, 0.29) is 0 Å². The molecule has 0 aromatic carbocycles. The maximum atomic E-state index is 10.2. The summed E-state index contributed by atoms with van der Waals surface area (Å²) in [4.78, 5) is 10.2. The van der Waals surface area contributed by atoms with Gasteiger partial charge >= 0.3 is 0 Å². The molecule has 1 atom stereocenters. The molecular weight excluding hydrogens is 95.0 g/mol. The lowest BCUT2D eigenvalue weighted by atomic mass is 11.0. The van der Waals surface area contributed by atoms with Gasteiger partial charge in [0, 0.05) is 0 Å². The third-order valence-electron chi connectivity index (χ3n) is 0.515. The zero-order chi connectivity index (χ0) is 4.99. The molecule has 0 bridgehead atoms. The van der Waals surface area contributed by atoms with Crippen LogP contribution >= 0.6 is 8.15 Å². The molecule has 0 aromatic rings. The largest absolute Gasteiger partial charge is 0.207 e. The third kappa shape index (κ3) is 2.37. The molecule has 1 nitrogen and oxygen atoms in total. The number of hydrogen-bond donors (Lipinski definition) is 0. The summed E-state index contributed by atoms with van der Waals surface area (Å²) < 4.78 is 0. The molecule has 1 unspecified atom stereocenters. The first-order valence-corrected chi connectivity index (χ1v) is 3.39. The van der Waals surface area contributed by atoms with E-state index in [1.54, 1.807) is 0 Å². The Morgan fingerprint density at radius 2 is 2.50 bits per heavy atom. The molecule has 0 amide bonds. The van der Waals surface area contributed by atoms with Crippen molar-refractivity contribution in [2.24, 2.45) is 0 Å². The highest BCUT2D eigenvalue weighted by Crippen LogP contribution is 2.29. The van der Waals surface area contributed by atoms with Crippen molar-refractivity contribution >= 4 is 8.15 Å². The van der Waals surface area contributed by atoms with Crippen LogP contribution in [0.3, 0.4) is 0 Å². The van der Waals surface area contributed by atoms with Gasteiger partial charge in [0.2, 0.25) is 0 Å². The first-order chi connectivity index (χ1) is 2.81. The lowest BCUT2D eigenvalue weighted by Gasteiger charge is -1.89. The lowest BCUT2D eigenvalue weighted by molar-refractivity contribution is 0.505. The van der Waals surface area contributed by atoms with Gasteiger partial charge in [0.15, 0.2) is 0 Å². The van der Waals surface area contributed by atoms with E-state index < -0.39 is 8.15 Å². The van der Waals surface area contributed by atoms with Crippen LogP contribution < -0.4 is 0 Å². The van der Waals surface area contributed by atoms with Crippen LogP contribution in [-0.4, -0.2) is 6.16 Å². The Balaban J connectivity index is 2.96. The summed E-state index contributed by atoms with van der Waals surface area (Å²) in [6.07, 6.45) is 0.721. The van der Waals surface area contributed by atoms with Crippen LogP contribution in [0.5, 0.6) is 0 Å². The number of hydrogen-bond acceptors (Lipinski definition) is 0. The topological polar surface area (TPSA) is 19.9 Å². The van der Waals surface area contributed by atoms with E-state index in [9.17, 15) is 4.89 Å². The monoisotopic (exact) mass is 103 g/mol. The highest BCUT2D eigenvalue weighted by molar-refractivity contribution is 7.54. The van der Waals surface area contributed by atoms with Crippen LogP contribution in [0.4, 0.5) is 0 Å². The molecule has 35 valence electrons. The molecule has 0 rings (SSSR count). The Bertz CT molecular complexity index is 44.8. The van der Waals surface area contributed by atoms with E-state index in [4.69, 9.17) is 0 Å². The summed E-state index contributed by atoms with van der Waals surface area (Å²) in [5.41, 5.74) is 0. The van der Waals surface area contributed by atoms with E-state index in [1.165, 1.54) is 5.82 Å². The normalized spacial score (nSPS) is 13.7. The second-order valence-electron chi connectivity index (χ2n) is 0.916. The maximum absolute atomic E-state index is 10.2. The second-order valence-corrected chi connectivity index (χ2v) is 2.75. The van der Waals surface area contributed by atoms with Gasteiger partial charge in [0.05, 0.1) is 8.15 Å². The van der Waals surface area contributed by atoms with Gasteiger partial charge in [0.1, 0.15) is 0 Å². The predicted molar refractivity (Wildman–Crippen MR) is 28.3 cm³/mol. The van der Waals surface area contributed by atoms with Crippen molar-refractivity contribution in [1.82, 2.24) is 0 Å². The molecule has 0 aliphatic carbocycles. The fraction of sp³-hybridized carbons (Fsp3) is 0.500. The molecule has 0 aliphatic rings. The molecule has 0 spiro atoms. The van der Waals surface area contributed by atoms with Gasteiger partial charge in [0.25, 0.3) is 0 Å². The van der Waals surface area contributed by atoms with Gasteiger partial charge in [-0.2, -0.15) is 0 Å². The fourth-order valence-electron chi connectivity index (χ4n) is 0.129. The summed E-state index contributed by atoms with van der Waals surface area (Å²) in [5.74, 6) is 1.48. The van der Waals surface area contributed by atoms with Gasteiger partial charge in [-0.05, 0) is 12.0 Å². The van der Waals surface area contributed by atoms with E-state index in [0.29, 0.717) is 0 Å². The molecule has 0 saturated carbocycles. The zero-order valence-electron chi connectivity index (χ0n) is 3.85. The maximum Gasteiger partial charge on any atom is 0.0942 e. The average molecular weight is 103 g/mol. The van der Waals surface area contributed by atoms with Gasteiger partial charge in [-0.3, -0.25) is 0 Å². The molecule has 2 heteroatoms. The van der Waals surface area contributed by atoms with E-state index in [1.807, 2.05) is 6.92 Å². The van der Waals surface area contributed by atoms with Crippen molar-refractivity contribution in [1.29, 1.82) is 0 Å². The van der Waals surface area contributed by atoms with Gasteiger partial charge in [-0.15, -0.1) is 0 Å². The smallest absolute Gasteiger partial charge is 0.0942 e. The summed E-state index contributed by atoms with van der Waals surface area (Å²) in [7, 11) is -1.06. The number of rotatable bonds is 2. The lowest BCUT2D eigenvalue weighted by Crippen LogP contribution is -1.63. The van der Waals surface area contributed by atoms with Crippen LogP contribution in [0.25, 0.3) is 0 Å². The minimum atomic E-state index is -1.06. The molecule has 0 fully saturated rings. The second kappa shape index (κ2) is 3.32. The summed E-state index contributed by atoms with van der Waals surface area (Å²) in [6, 6.07) is 0. The van der Waals surface area contributed by atoms with Gasteiger partial charge in [-0.25, -0.2) is 4.89 Å². The van der Waals surface area contributed by atoms with E-state index in [0.717, 1.165) is 6.16 Å². The first kappa shape index (κ1) is 6.13. The van der Waals surface area contributed by atoms with Crippen molar-refractivity contribution in [3.63, 3.8) is 0 Å². The van der Waals surface area contributed by atoms with Gasteiger partial charge in [-0.1, -0.05) is 13.5 Å². The molecular formula is C4H8OP. The quantitative estimate of drug-likeness (QED) is 0.476. The Morgan fingerprint density at radius 3 is 2.50 bits per heavy atom. The predicted octanol–water partition coefficient (Wildman–Crippen LogP) is 1.98. The minimum absolute atomic E-state index is 0.721. The van der Waals surface area contributed by atoms with Crippen LogP contribution in [-0.2, 0) is 4.89 Å². The molecule has 0 aliphatic heterocycles. The van der Waals surface area contributed by atoms with Crippen LogP contribution in [0.15, 0.2) is 12.4 Å². The standard InChI is InChI=1S/C4H8OP/c1-3-6(5)4-2/h3H,1,4H2,2H3. The summed E-state index contributed by atoms with van der Waals surface area (Å²) >= 11 is 0. The van der Waals surface area contributed by atoms with Crippen LogP contribution in [0.2, 0.25) is 0 Å². The van der Waals surface area contributed by atoms with Gasteiger partial charge < -0.3 is 0 Å². The van der Waals surface area contributed by atoms with Crippen molar-refractivity contribution in [3.05, 3.63) is 12.4 Å². The zero-order valence-corrected chi connectivity index (χ0v) is 4.74. The summed E-state index contributed by atoms with van der Waals surface area (Å²) in [5, 5.41) is 0. The highest BCUT2D eigenvalue weighted by atomic mass is 31.1. The SMILES string of the molecule is C=CP([O])CC. The molecule has 1 radical (unpaired) electrons. The van der Waals surface area contributed by atoms with Crippen LogP contribution in [0.1, 0.15) is 6.92 Å². The molecule has 0 saturated heterocycles. The highest BCUT2D eigenvalue weighted by Gasteiger charge is 1.89. The first-order valence-electron chi connectivity index (χ1n) is 1.87. The Kier molecular flexibility index (Phi) is 3.40. The molecule has 6 heavy (non-hydrogen) atoms. The van der Waals surface area contributed by atoms with Crippen molar-refractivity contribution in [2.75, 3.05) is 6.16 Å². The van der Waals surface area contributed by atoms with E-state index in [2.05, 4.69) is 6.58 Å². The van der Waals surface area contributed by atoms with Crippen molar-refractivity contribution in [2.45, 2.75) is 6.92 Å². The average Bonchev–Trinajstić information content (AvgIpc) is 1.65. The fourth-order valence-corrected chi connectivity index (χ4v) is 0.387. The summed E-state index contributed by atoms with van der Waals surface area (Å²) in [6.45, 7) is 5.22. The molecule has 0 N–H and O–H groups in total. The minimum Gasteiger partial charge on any atom is -0.207 e. The molecule has 0 heterocycles. The molecule has 0 aromatic heterocycles. The Labute approximate surface area is 39.5 Å². The Morgan fingerprint density at radius 1 is 2.00 bits per heavy atom. The Hall–Kier alpha value is 0.130. The van der Waals surface area contributed by atoms with Crippen LogP contribution in [0, 0.1) is 0 Å². The van der Waals surface area contributed by atoms with E-state index >= 15 is 0 Å².